The maximum atomic E-state index is 5.63. The Hall–Kier alpha value is -0.120. The molecule has 3 nitrogen and oxygen atoms in total. The largest absolute Gasteiger partial charge is 0.379 e. The van der Waals surface area contributed by atoms with Gasteiger partial charge in [0.05, 0.1) is 5.60 Å². The second-order valence-corrected chi connectivity index (χ2v) is 7.12. The number of nitrogens with zero attached hydrogens (tertiary/aromatic N) is 1. The normalized spacial score (nSPS) is 19.1. The van der Waals surface area contributed by atoms with Crippen molar-refractivity contribution < 1.29 is 4.74 Å². The fraction of sp³-hybridized carbons (Fsp3) is 1.00. The van der Waals surface area contributed by atoms with E-state index >= 15 is 0 Å². The van der Waals surface area contributed by atoms with Crippen molar-refractivity contribution in [2.45, 2.75) is 90.3 Å². The first kappa shape index (κ1) is 18.9. The molecule has 21 heavy (non-hydrogen) atoms. The molecule has 1 aliphatic heterocycles. The molecule has 0 saturated carbocycles. The smallest absolute Gasteiger partial charge is 0.0623 e. The summed E-state index contributed by atoms with van der Waals surface area (Å²) in [5, 5.41) is 3.80. The van der Waals surface area contributed by atoms with E-state index in [2.05, 4.69) is 44.8 Å². The predicted molar refractivity (Wildman–Crippen MR) is 91.9 cm³/mol. The van der Waals surface area contributed by atoms with Crippen molar-refractivity contribution in [1.29, 1.82) is 0 Å². The number of likely N-dealkylation sites (N-methyl/N-ethyl adjacent to an activating group) is 1. The number of likely N-dealkylation sites (tertiary alicyclic amines) is 1. The van der Waals surface area contributed by atoms with Gasteiger partial charge in [0.15, 0.2) is 0 Å². The Morgan fingerprint density at radius 1 is 1.10 bits per heavy atom. The third-order valence-corrected chi connectivity index (χ3v) is 5.65. The molecule has 1 rings (SSSR count). The van der Waals surface area contributed by atoms with Crippen molar-refractivity contribution >= 4 is 0 Å². The van der Waals surface area contributed by atoms with Crippen molar-refractivity contribution in [3.63, 3.8) is 0 Å². The second kappa shape index (κ2) is 8.50. The lowest BCUT2D eigenvalue weighted by atomic mass is 9.79. The Labute approximate surface area is 132 Å². The molecule has 0 aromatic carbocycles. The van der Waals surface area contributed by atoms with Gasteiger partial charge in [0.2, 0.25) is 0 Å². The van der Waals surface area contributed by atoms with Gasteiger partial charge in [0.25, 0.3) is 0 Å². The van der Waals surface area contributed by atoms with Gasteiger partial charge in [-0.1, -0.05) is 20.8 Å². The second-order valence-electron chi connectivity index (χ2n) is 7.12. The van der Waals surface area contributed by atoms with Gasteiger partial charge >= 0.3 is 0 Å². The van der Waals surface area contributed by atoms with Gasteiger partial charge < -0.3 is 10.1 Å². The summed E-state index contributed by atoms with van der Waals surface area (Å²) in [6.07, 6.45) is 7.49. The summed E-state index contributed by atoms with van der Waals surface area (Å²) in [5.41, 5.74) is 0.294. The molecule has 0 spiro atoms. The van der Waals surface area contributed by atoms with Crippen molar-refractivity contribution in [3.8, 4) is 0 Å². The van der Waals surface area contributed by atoms with E-state index in [1.54, 1.807) is 0 Å². The van der Waals surface area contributed by atoms with E-state index in [9.17, 15) is 0 Å². The summed E-state index contributed by atoms with van der Waals surface area (Å²) < 4.78 is 5.63. The number of methoxy groups -OCH3 is 1. The minimum absolute atomic E-state index is 0.0219. The van der Waals surface area contributed by atoms with E-state index < -0.39 is 0 Å². The SMILES string of the molecule is CCNC(CCC(C)(C)OC)C(CC)(CC)N1CCCC1. The summed E-state index contributed by atoms with van der Waals surface area (Å²) in [4.78, 5) is 2.76. The minimum Gasteiger partial charge on any atom is -0.379 e. The zero-order chi connectivity index (χ0) is 15.9. The lowest BCUT2D eigenvalue weighted by molar-refractivity contribution is -0.000765. The van der Waals surface area contributed by atoms with Crippen molar-refractivity contribution in [2.75, 3.05) is 26.7 Å². The number of rotatable bonds is 10. The average molecular weight is 299 g/mol. The minimum atomic E-state index is -0.0219. The monoisotopic (exact) mass is 298 g/mol. The summed E-state index contributed by atoms with van der Waals surface area (Å²) >= 11 is 0. The van der Waals surface area contributed by atoms with E-state index in [1.807, 2.05) is 7.11 Å². The van der Waals surface area contributed by atoms with E-state index in [0.717, 1.165) is 13.0 Å². The third-order valence-electron chi connectivity index (χ3n) is 5.65. The van der Waals surface area contributed by atoms with Crippen LogP contribution in [0.3, 0.4) is 0 Å². The van der Waals surface area contributed by atoms with Crippen LogP contribution < -0.4 is 5.32 Å². The lowest BCUT2D eigenvalue weighted by Crippen LogP contribution is -2.60. The number of ether oxygens (including phenoxy) is 1. The zero-order valence-electron chi connectivity index (χ0n) is 15.3. The highest BCUT2D eigenvalue weighted by Gasteiger charge is 2.41. The Morgan fingerprint density at radius 2 is 1.67 bits per heavy atom. The fourth-order valence-electron chi connectivity index (χ4n) is 3.97. The summed E-state index contributed by atoms with van der Waals surface area (Å²) in [7, 11) is 1.83. The van der Waals surface area contributed by atoms with Crippen LogP contribution >= 0.6 is 0 Å². The molecule has 1 heterocycles. The van der Waals surface area contributed by atoms with E-state index in [-0.39, 0.29) is 5.60 Å². The highest BCUT2D eigenvalue weighted by molar-refractivity contribution is 5.00. The van der Waals surface area contributed by atoms with Crippen LogP contribution in [0.1, 0.15) is 73.1 Å². The number of hydrogen-bond donors (Lipinski definition) is 1. The first-order valence-electron chi connectivity index (χ1n) is 8.99. The Bertz CT molecular complexity index is 281. The zero-order valence-corrected chi connectivity index (χ0v) is 15.3. The maximum absolute atomic E-state index is 5.63. The molecule has 0 aliphatic carbocycles. The van der Waals surface area contributed by atoms with Crippen LogP contribution in [0.15, 0.2) is 0 Å². The maximum Gasteiger partial charge on any atom is 0.0623 e. The number of hydrogen-bond acceptors (Lipinski definition) is 3. The van der Waals surface area contributed by atoms with Gasteiger partial charge in [0.1, 0.15) is 0 Å². The summed E-state index contributed by atoms with van der Waals surface area (Å²) in [6, 6.07) is 0.560. The third kappa shape index (κ3) is 4.67. The first-order chi connectivity index (χ1) is 9.95. The van der Waals surface area contributed by atoms with Crippen LogP contribution in [0.25, 0.3) is 0 Å². The predicted octanol–water partition coefficient (Wildman–Crippen LogP) is 3.82. The highest BCUT2D eigenvalue weighted by Crippen LogP contribution is 2.34. The van der Waals surface area contributed by atoms with E-state index in [1.165, 1.54) is 45.2 Å². The van der Waals surface area contributed by atoms with Gasteiger partial charge in [-0.25, -0.2) is 0 Å². The molecular weight excluding hydrogens is 260 g/mol. The van der Waals surface area contributed by atoms with Crippen LogP contribution in [0.2, 0.25) is 0 Å². The fourth-order valence-corrected chi connectivity index (χ4v) is 3.97. The molecule has 1 atom stereocenters. The van der Waals surface area contributed by atoms with E-state index in [4.69, 9.17) is 4.74 Å². The molecule has 0 radical (unpaired) electrons. The van der Waals surface area contributed by atoms with Crippen molar-refractivity contribution in [1.82, 2.24) is 10.2 Å². The van der Waals surface area contributed by atoms with Crippen molar-refractivity contribution in [3.05, 3.63) is 0 Å². The highest BCUT2D eigenvalue weighted by atomic mass is 16.5. The molecule has 1 saturated heterocycles. The molecule has 3 heteroatoms. The summed E-state index contributed by atoms with van der Waals surface area (Å²) in [5.74, 6) is 0. The van der Waals surface area contributed by atoms with Crippen LogP contribution in [-0.4, -0.2) is 48.8 Å². The molecule has 0 bridgehead atoms. The molecule has 1 N–H and O–H groups in total. The molecule has 1 unspecified atom stereocenters. The number of nitrogens with one attached hydrogen (secondary N) is 1. The molecule has 0 aromatic rings. The van der Waals surface area contributed by atoms with Crippen LogP contribution in [0, 0.1) is 0 Å². The average Bonchev–Trinajstić information content (AvgIpc) is 3.01. The van der Waals surface area contributed by atoms with E-state index in [0.29, 0.717) is 11.6 Å². The first-order valence-corrected chi connectivity index (χ1v) is 8.99. The topological polar surface area (TPSA) is 24.5 Å². The standard InChI is InChI=1S/C18H38N2O/c1-7-18(8-2,20-14-10-11-15-20)16(19-9-3)12-13-17(4,5)21-6/h16,19H,7-15H2,1-6H3. The molecule has 126 valence electrons. The lowest BCUT2D eigenvalue weighted by Gasteiger charge is -2.48. The van der Waals surface area contributed by atoms with Gasteiger partial charge in [-0.3, -0.25) is 4.90 Å². The molecule has 1 aliphatic rings. The van der Waals surface area contributed by atoms with Gasteiger partial charge in [0, 0.05) is 18.7 Å². The van der Waals surface area contributed by atoms with Crippen LogP contribution in [-0.2, 0) is 4.74 Å². The van der Waals surface area contributed by atoms with Crippen LogP contribution in [0.4, 0.5) is 0 Å². The summed E-state index contributed by atoms with van der Waals surface area (Å²) in [6.45, 7) is 15.0. The Morgan fingerprint density at radius 3 is 2.10 bits per heavy atom. The van der Waals surface area contributed by atoms with Crippen LogP contribution in [0.5, 0.6) is 0 Å². The van der Waals surface area contributed by atoms with Gasteiger partial charge in [-0.2, -0.15) is 0 Å². The van der Waals surface area contributed by atoms with Gasteiger partial charge in [-0.15, -0.1) is 0 Å². The molecule has 0 amide bonds. The Balaban J connectivity index is 2.86. The molecule has 0 aromatic heterocycles. The van der Waals surface area contributed by atoms with Gasteiger partial charge in [-0.05, 0) is 72.0 Å². The molecular formula is C18H38N2O. The van der Waals surface area contributed by atoms with Crippen molar-refractivity contribution in [2.24, 2.45) is 0 Å². The quantitative estimate of drug-likeness (QED) is 0.663. The Kier molecular flexibility index (Phi) is 7.66. The molecule has 1 fully saturated rings.